The summed E-state index contributed by atoms with van der Waals surface area (Å²) >= 11 is 0. The number of anilines is 3. The zero-order valence-corrected chi connectivity index (χ0v) is 35.3. The van der Waals surface area contributed by atoms with Crippen LogP contribution in [-0.2, 0) is 0 Å². The van der Waals surface area contributed by atoms with Gasteiger partial charge in [0.1, 0.15) is 0 Å². The number of nitrogens with zero attached hydrogens (tertiary/aromatic N) is 2. The van der Waals surface area contributed by atoms with Crippen molar-refractivity contribution in [3.63, 3.8) is 0 Å². The maximum atomic E-state index is 2.44. The highest BCUT2D eigenvalue weighted by Crippen LogP contribution is 2.45. The Hall–Kier alpha value is -8.46. The molecule has 0 saturated carbocycles. The summed E-state index contributed by atoms with van der Waals surface area (Å²) in [7, 11) is 0. The minimum atomic E-state index is 1.09. The van der Waals surface area contributed by atoms with Gasteiger partial charge in [-0.25, -0.2) is 0 Å². The summed E-state index contributed by atoms with van der Waals surface area (Å²) in [6, 6.07) is 96.2. The Morgan fingerprint density at radius 1 is 0.250 bits per heavy atom. The number of hydrogen-bond acceptors (Lipinski definition) is 1. The smallest absolute Gasteiger partial charge is 0.0619 e. The third-order valence-electron chi connectivity index (χ3n) is 12.2. The maximum absolute atomic E-state index is 2.44. The van der Waals surface area contributed by atoms with Crippen molar-refractivity contribution in [1.29, 1.82) is 0 Å². The number of benzene rings is 10. The van der Waals surface area contributed by atoms with E-state index < -0.39 is 0 Å². The molecule has 2 heteroatoms. The molecule has 0 N–H and O–H groups in total. The van der Waals surface area contributed by atoms with Crippen molar-refractivity contribution in [3.05, 3.63) is 267 Å². The van der Waals surface area contributed by atoms with Gasteiger partial charge >= 0.3 is 0 Å². The standard InChI is InChI=1S/C62H44N2/c1-6-16-45(17-7-1)48-26-35-55(36-27-48)63(56-37-28-49(29-38-56)46-18-8-2-9-19-46)57-39-32-51(33-40-57)54-34-43-60-59(44-54)61(52-22-12-4-13-23-52)62(53-24-14-5-15-25-53)64(60)58-41-30-50(31-42-58)47-20-10-3-11-21-47/h1-44H. The highest BCUT2D eigenvalue weighted by atomic mass is 15.1. The summed E-state index contributed by atoms with van der Waals surface area (Å²) < 4.78 is 2.44. The molecular weight excluding hydrogens is 773 g/mol. The molecule has 0 spiro atoms. The Morgan fingerprint density at radius 3 is 0.969 bits per heavy atom. The second kappa shape index (κ2) is 17.1. The first-order valence-corrected chi connectivity index (χ1v) is 21.9. The number of hydrogen-bond donors (Lipinski definition) is 0. The van der Waals surface area contributed by atoms with Gasteiger partial charge in [-0.05, 0) is 116 Å². The van der Waals surface area contributed by atoms with Crippen LogP contribution in [0.5, 0.6) is 0 Å². The lowest BCUT2D eigenvalue weighted by Gasteiger charge is -2.26. The average molecular weight is 817 g/mol. The van der Waals surface area contributed by atoms with E-state index in [1.54, 1.807) is 0 Å². The van der Waals surface area contributed by atoms with Crippen LogP contribution in [0.4, 0.5) is 17.1 Å². The largest absolute Gasteiger partial charge is 0.311 e. The van der Waals surface area contributed by atoms with E-state index in [9.17, 15) is 0 Å². The lowest BCUT2D eigenvalue weighted by molar-refractivity contribution is 1.14. The van der Waals surface area contributed by atoms with Gasteiger partial charge in [-0.2, -0.15) is 0 Å². The summed E-state index contributed by atoms with van der Waals surface area (Å²) in [6.07, 6.45) is 0. The van der Waals surface area contributed by atoms with Gasteiger partial charge in [0.15, 0.2) is 0 Å². The lowest BCUT2D eigenvalue weighted by Crippen LogP contribution is -2.09. The molecular formula is C62H44N2. The Morgan fingerprint density at radius 2 is 0.562 bits per heavy atom. The van der Waals surface area contributed by atoms with E-state index >= 15 is 0 Å². The van der Waals surface area contributed by atoms with Crippen LogP contribution in [-0.4, -0.2) is 4.57 Å². The van der Waals surface area contributed by atoms with Crippen molar-refractivity contribution in [3.8, 4) is 72.6 Å². The van der Waals surface area contributed by atoms with Crippen LogP contribution in [0.25, 0.3) is 83.5 Å². The van der Waals surface area contributed by atoms with Gasteiger partial charge in [0.05, 0.1) is 11.2 Å². The predicted molar refractivity (Wildman–Crippen MR) is 271 cm³/mol. The highest BCUT2D eigenvalue weighted by molar-refractivity contribution is 6.07. The fraction of sp³-hybridized carbons (Fsp3) is 0. The molecule has 0 unspecified atom stereocenters. The molecule has 0 radical (unpaired) electrons. The van der Waals surface area contributed by atoms with Gasteiger partial charge in [-0.1, -0.05) is 206 Å². The highest BCUT2D eigenvalue weighted by Gasteiger charge is 2.22. The topological polar surface area (TPSA) is 8.17 Å². The van der Waals surface area contributed by atoms with Crippen molar-refractivity contribution in [2.45, 2.75) is 0 Å². The van der Waals surface area contributed by atoms with Crippen molar-refractivity contribution in [2.75, 3.05) is 4.90 Å². The molecule has 1 heterocycles. The SMILES string of the molecule is c1ccc(-c2ccc(N(c3ccc(-c4ccccc4)cc3)c3ccc(-c4ccc5c(c4)c(-c4ccccc4)c(-c4ccccc4)n5-c4ccc(-c5ccccc5)cc4)cc3)cc2)cc1. The lowest BCUT2D eigenvalue weighted by atomic mass is 9.96. The molecule has 0 atom stereocenters. The summed E-state index contributed by atoms with van der Waals surface area (Å²) in [6.45, 7) is 0. The predicted octanol–water partition coefficient (Wildman–Crippen LogP) is 17.1. The molecule has 64 heavy (non-hydrogen) atoms. The summed E-state index contributed by atoms with van der Waals surface area (Å²) in [5.41, 5.74) is 19.8. The van der Waals surface area contributed by atoms with Gasteiger partial charge < -0.3 is 9.47 Å². The molecule has 0 saturated heterocycles. The minimum Gasteiger partial charge on any atom is -0.311 e. The second-order valence-corrected chi connectivity index (χ2v) is 16.1. The van der Waals surface area contributed by atoms with Crippen molar-refractivity contribution in [2.24, 2.45) is 0 Å². The van der Waals surface area contributed by atoms with E-state index in [1.807, 2.05) is 0 Å². The summed E-state index contributed by atoms with van der Waals surface area (Å²) in [5.74, 6) is 0. The Kier molecular flexibility index (Phi) is 10.3. The van der Waals surface area contributed by atoms with Gasteiger partial charge in [0, 0.05) is 33.7 Å². The Labute approximate surface area is 375 Å². The molecule has 0 aliphatic carbocycles. The van der Waals surface area contributed by atoms with Gasteiger partial charge in [0.25, 0.3) is 0 Å². The van der Waals surface area contributed by atoms with Crippen LogP contribution in [0, 0.1) is 0 Å². The number of rotatable bonds is 10. The molecule has 0 fully saturated rings. The molecule has 11 rings (SSSR count). The van der Waals surface area contributed by atoms with Gasteiger partial charge in [-0.15, -0.1) is 0 Å². The van der Waals surface area contributed by atoms with Crippen LogP contribution in [0.2, 0.25) is 0 Å². The van der Waals surface area contributed by atoms with Crippen molar-refractivity contribution in [1.82, 2.24) is 4.57 Å². The fourth-order valence-electron chi connectivity index (χ4n) is 9.06. The Balaban J connectivity index is 1.02. The van der Waals surface area contributed by atoms with Gasteiger partial charge in [-0.3, -0.25) is 0 Å². The molecule has 1 aromatic heterocycles. The molecule has 0 aliphatic rings. The van der Waals surface area contributed by atoms with Crippen LogP contribution >= 0.6 is 0 Å². The van der Waals surface area contributed by atoms with E-state index in [0.717, 1.165) is 33.8 Å². The monoisotopic (exact) mass is 816 g/mol. The first-order valence-electron chi connectivity index (χ1n) is 21.9. The molecule has 10 aromatic carbocycles. The molecule has 0 aliphatic heterocycles. The third kappa shape index (κ3) is 7.48. The third-order valence-corrected chi connectivity index (χ3v) is 12.2. The van der Waals surface area contributed by atoms with E-state index in [4.69, 9.17) is 0 Å². The Bertz CT molecular complexity index is 3200. The van der Waals surface area contributed by atoms with Crippen molar-refractivity contribution < 1.29 is 0 Å². The minimum absolute atomic E-state index is 1.09. The number of fused-ring (bicyclic) bond motifs is 1. The van der Waals surface area contributed by atoms with E-state index in [1.165, 1.54) is 66.7 Å². The summed E-state index contributed by atoms with van der Waals surface area (Å²) in [5, 5.41) is 1.21. The zero-order chi connectivity index (χ0) is 42.7. The first kappa shape index (κ1) is 38.5. The fourth-order valence-corrected chi connectivity index (χ4v) is 9.06. The quantitative estimate of drug-likeness (QED) is 0.133. The second-order valence-electron chi connectivity index (χ2n) is 16.1. The normalized spacial score (nSPS) is 11.1. The van der Waals surface area contributed by atoms with Crippen LogP contribution < -0.4 is 4.90 Å². The van der Waals surface area contributed by atoms with E-state index in [0.29, 0.717) is 0 Å². The molecule has 0 amide bonds. The van der Waals surface area contributed by atoms with E-state index in [-0.39, 0.29) is 0 Å². The van der Waals surface area contributed by atoms with E-state index in [2.05, 4.69) is 276 Å². The van der Waals surface area contributed by atoms with Gasteiger partial charge in [0.2, 0.25) is 0 Å². The zero-order valence-electron chi connectivity index (χ0n) is 35.3. The average Bonchev–Trinajstić information content (AvgIpc) is 3.73. The molecule has 2 nitrogen and oxygen atoms in total. The molecule has 302 valence electrons. The van der Waals surface area contributed by atoms with Crippen LogP contribution in [0.1, 0.15) is 0 Å². The van der Waals surface area contributed by atoms with Crippen LogP contribution in [0.15, 0.2) is 267 Å². The van der Waals surface area contributed by atoms with Crippen LogP contribution in [0.3, 0.4) is 0 Å². The maximum Gasteiger partial charge on any atom is 0.0619 e. The first-order chi connectivity index (χ1) is 31.7. The number of aromatic nitrogens is 1. The van der Waals surface area contributed by atoms with Crippen molar-refractivity contribution >= 4 is 28.0 Å². The molecule has 0 bridgehead atoms. The molecule has 11 aromatic rings. The summed E-state index contributed by atoms with van der Waals surface area (Å²) in [4.78, 5) is 2.35.